The summed E-state index contributed by atoms with van der Waals surface area (Å²) in [5, 5.41) is 5.26. The van der Waals surface area contributed by atoms with Crippen molar-refractivity contribution >= 4 is 44.6 Å². The van der Waals surface area contributed by atoms with E-state index in [1.165, 1.54) is 29.3 Å². The highest BCUT2D eigenvalue weighted by atomic mass is 32.2. The van der Waals surface area contributed by atoms with Gasteiger partial charge in [0, 0.05) is 23.9 Å². The predicted octanol–water partition coefficient (Wildman–Crippen LogP) is 4.09. The van der Waals surface area contributed by atoms with Gasteiger partial charge < -0.3 is 29.7 Å². The standard InChI is InChI=1S/C35H44F3N5O9S/c1-8-20-17-34(20,30(46)42-53(48,49)23-10-11-23)41-27(44)25-16-22(18-43(25)29(45)26(32(2,3)4)40-31(47)52-33(5,6)7)50-28-24-12-9-21(51-35(36,37)38)15-19(24)13-14-39-28/h8-9,12-15,20,22-23,25-26H,1,10-11,16-18H2,2-7H3,(H,40,47)(H,41,44)(H,42,46)/t20-,22-,25+,26-,34-/m1/s1. The monoisotopic (exact) mass is 767 g/mol. The number of nitrogens with zero attached hydrogens (tertiary/aromatic N) is 2. The second kappa shape index (κ2) is 14.0. The van der Waals surface area contributed by atoms with Crippen LogP contribution in [0.1, 0.15) is 67.2 Å². The average Bonchev–Trinajstić information content (AvgIpc) is 3.94. The van der Waals surface area contributed by atoms with Crippen LogP contribution in [0.2, 0.25) is 0 Å². The van der Waals surface area contributed by atoms with Crippen LogP contribution in [-0.4, -0.2) is 89.6 Å². The molecule has 5 rings (SSSR count). The molecule has 290 valence electrons. The predicted molar refractivity (Wildman–Crippen MR) is 185 cm³/mol. The maximum atomic E-state index is 14.4. The quantitative estimate of drug-likeness (QED) is 0.282. The van der Waals surface area contributed by atoms with E-state index >= 15 is 0 Å². The molecule has 0 radical (unpaired) electrons. The molecular weight excluding hydrogens is 723 g/mol. The molecule has 2 aromatic rings. The molecule has 1 saturated heterocycles. The van der Waals surface area contributed by atoms with Gasteiger partial charge in [0.05, 0.1) is 11.8 Å². The van der Waals surface area contributed by atoms with E-state index in [9.17, 15) is 40.8 Å². The second-order valence-electron chi connectivity index (χ2n) is 15.7. The fourth-order valence-electron chi connectivity index (χ4n) is 6.21. The molecule has 1 aliphatic heterocycles. The van der Waals surface area contributed by atoms with Gasteiger partial charge in [-0.25, -0.2) is 18.2 Å². The van der Waals surface area contributed by atoms with Crippen LogP contribution < -0.4 is 24.8 Å². The van der Waals surface area contributed by atoms with Gasteiger partial charge in [-0.15, -0.1) is 19.8 Å². The molecule has 0 bridgehead atoms. The Morgan fingerprint density at radius 1 is 1.08 bits per heavy atom. The number of alkyl carbamates (subject to hydrolysis) is 1. The zero-order chi connectivity index (χ0) is 39.3. The molecule has 1 aromatic heterocycles. The summed E-state index contributed by atoms with van der Waals surface area (Å²) in [6.07, 6.45) is -3.17. The molecular formula is C35H44F3N5O9S. The Morgan fingerprint density at radius 3 is 2.32 bits per heavy atom. The van der Waals surface area contributed by atoms with Crippen molar-refractivity contribution < 1.29 is 55.0 Å². The van der Waals surface area contributed by atoms with Gasteiger partial charge >= 0.3 is 12.5 Å². The molecule has 14 nitrogen and oxygen atoms in total. The molecule has 3 N–H and O–H groups in total. The summed E-state index contributed by atoms with van der Waals surface area (Å²) in [6.45, 7) is 13.6. The van der Waals surface area contributed by atoms with Crippen molar-refractivity contribution in [2.75, 3.05) is 6.54 Å². The fraction of sp³-hybridized carbons (Fsp3) is 0.571. The largest absolute Gasteiger partial charge is 0.573 e. The van der Waals surface area contributed by atoms with Gasteiger partial charge in [-0.1, -0.05) is 26.8 Å². The summed E-state index contributed by atoms with van der Waals surface area (Å²) in [6, 6.07) is 2.56. The Bertz CT molecular complexity index is 1910. The van der Waals surface area contributed by atoms with Gasteiger partial charge in [0.1, 0.15) is 35.1 Å². The van der Waals surface area contributed by atoms with Gasteiger partial charge in [-0.2, -0.15) is 0 Å². The Morgan fingerprint density at radius 2 is 1.75 bits per heavy atom. The molecule has 1 aromatic carbocycles. The van der Waals surface area contributed by atoms with Crippen molar-refractivity contribution in [1.82, 2.24) is 25.2 Å². The molecule has 5 atom stereocenters. The van der Waals surface area contributed by atoms with Crippen molar-refractivity contribution in [3.05, 3.63) is 43.1 Å². The first-order valence-corrected chi connectivity index (χ1v) is 18.6. The number of hydrogen-bond acceptors (Lipinski definition) is 10. The van der Waals surface area contributed by atoms with E-state index in [1.54, 1.807) is 41.5 Å². The van der Waals surface area contributed by atoms with E-state index in [0.29, 0.717) is 23.6 Å². The summed E-state index contributed by atoms with van der Waals surface area (Å²) in [5.74, 6) is -3.41. The lowest BCUT2D eigenvalue weighted by atomic mass is 9.85. The zero-order valence-corrected chi connectivity index (χ0v) is 31.0. The van der Waals surface area contributed by atoms with Crippen LogP contribution in [-0.2, 0) is 29.1 Å². The van der Waals surface area contributed by atoms with Gasteiger partial charge in [0.15, 0.2) is 0 Å². The van der Waals surface area contributed by atoms with Crippen molar-refractivity contribution in [3.63, 3.8) is 0 Å². The second-order valence-corrected chi connectivity index (χ2v) is 17.6. The molecule has 53 heavy (non-hydrogen) atoms. The maximum Gasteiger partial charge on any atom is 0.573 e. The van der Waals surface area contributed by atoms with Gasteiger partial charge in [0.2, 0.25) is 27.7 Å². The first kappa shape index (κ1) is 39.6. The number of aromatic nitrogens is 1. The molecule has 2 saturated carbocycles. The number of sulfonamides is 1. The molecule has 18 heteroatoms. The molecule has 3 fully saturated rings. The number of pyridine rings is 1. The number of likely N-dealkylation sites (tertiary alicyclic amines) is 1. The van der Waals surface area contributed by atoms with E-state index < -0.39 is 91.9 Å². The summed E-state index contributed by atoms with van der Waals surface area (Å²) in [5.41, 5.74) is -3.42. The molecule has 0 unspecified atom stereocenters. The summed E-state index contributed by atoms with van der Waals surface area (Å²) < 4.78 is 81.6. The topological polar surface area (TPSA) is 182 Å². The minimum Gasteiger partial charge on any atom is -0.472 e. The number of amides is 4. The number of ether oxygens (including phenoxy) is 3. The first-order chi connectivity index (χ1) is 24.4. The van der Waals surface area contributed by atoms with E-state index in [4.69, 9.17) is 9.47 Å². The highest BCUT2D eigenvalue weighted by molar-refractivity contribution is 7.91. The van der Waals surface area contributed by atoms with Crippen LogP contribution in [0.3, 0.4) is 0 Å². The molecule has 2 aliphatic carbocycles. The Kier molecular flexibility index (Phi) is 10.4. The number of carbonyl (C=O) groups excluding carboxylic acids is 4. The number of hydrogen-bond donors (Lipinski definition) is 3. The van der Waals surface area contributed by atoms with E-state index in [-0.39, 0.29) is 25.3 Å². The summed E-state index contributed by atoms with van der Waals surface area (Å²) in [7, 11) is -3.96. The first-order valence-electron chi connectivity index (χ1n) is 17.0. The van der Waals surface area contributed by atoms with Gasteiger partial charge in [-0.05, 0) is 75.1 Å². The molecule has 4 amide bonds. The number of alkyl halides is 3. The minimum atomic E-state index is -4.91. The van der Waals surface area contributed by atoms with Gasteiger partial charge in [0.25, 0.3) is 5.91 Å². The fourth-order valence-corrected chi connectivity index (χ4v) is 7.58. The SMILES string of the molecule is C=C[C@@H]1C[C@]1(NC(=O)[C@@H]1C[C@@H](Oc2nccc3cc(OC(F)(F)F)ccc23)CN1C(=O)[C@@H](NC(=O)OC(C)(C)C)C(C)(C)C)C(=O)NS(=O)(=O)C1CC1. The van der Waals surface area contributed by atoms with Crippen LogP contribution in [0.4, 0.5) is 18.0 Å². The van der Waals surface area contributed by atoms with Crippen LogP contribution in [0.25, 0.3) is 10.8 Å². The van der Waals surface area contributed by atoms with E-state index in [0.717, 1.165) is 12.1 Å². The number of rotatable bonds is 11. The summed E-state index contributed by atoms with van der Waals surface area (Å²) in [4.78, 5) is 60.4. The number of nitrogens with one attached hydrogen (secondary N) is 3. The number of carbonyl (C=O) groups is 4. The van der Waals surface area contributed by atoms with E-state index in [1.807, 2.05) is 0 Å². The highest BCUT2D eigenvalue weighted by Gasteiger charge is 2.62. The zero-order valence-electron chi connectivity index (χ0n) is 30.2. The third kappa shape index (κ3) is 9.31. The van der Waals surface area contributed by atoms with Gasteiger partial charge in [-0.3, -0.25) is 19.1 Å². The smallest absolute Gasteiger partial charge is 0.472 e. The number of benzene rings is 1. The van der Waals surface area contributed by atoms with Crippen LogP contribution >= 0.6 is 0 Å². The third-order valence-corrected chi connectivity index (χ3v) is 10.9. The lowest BCUT2D eigenvalue weighted by molar-refractivity contribution is -0.274. The van der Waals surface area contributed by atoms with Crippen molar-refractivity contribution in [3.8, 4) is 11.6 Å². The Labute approximate surface area is 305 Å². The highest BCUT2D eigenvalue weighted by Crippen LogP contribution is 2.45. The normalized spacial score (nSPS) is 23.8. The van der Waals surface area contributed by atoms with Crippen LogP contribution in [0, 0.1) is 11.3 Å². The van der Waals surface area contributed by atoms with Crippen LogP contribution in [0.15, 0.2) is 43.1 Å². The lowest BCUT2D eigenvalue weighted by Crippen LogP contribution is -2.60. The summed E-state index contributed by atoms with van der Waals surface area (Å²) >= 11 is 0. The minimum absolute atomic E-state index is 0.00816. The van der Waals surface area contributed by atoms with Crippen LogP contribution in [0.5, 0.6) is 11.6 Å². The Hall–Kier alpha value is -4.61. The number of halogens is 3. The average molecular weight is 768 g/mol. The molecule has 2 heterocycles. The third-order valence-electron chi connectivity index (χ3n) is 9.08. The van der Waals surface area contributed by atoms with Crippen molar-refractivity contribution in [1.29, 1.82) is 0 Å². The molecule has 0 spiro atoms. The number of fused-ring (bicyclic) bond motifs is 1. The maximum absolute atomic E-state index is 14.4. The lowest BCUT2D eigenvalue weighted by Gasteiger charge is -2.36. The Balaban J connectivity index is 1.44. The molecule has 3 aliphatic rings. The van der Waals surface area contributed by atoms with Crippen molar-refractivity contribution in [2.24, 2.45) is 11.3 Å². The van der Waals surface area contributed by atoms with Crippen molar-refractivity contribution in [2.45, 2.75) is 108 Å². The van der Waals surface area contributed by atoms with E-state index in [2.05, 4.69) is 31.7 Å².